The van der Waals surface area contributed by atoms with Crippen LogP contribution in [0.4, 0.5) is 0 Å². The number of carbonyl (C=O) groups is 3. The lowest BCUT2D eigenvalue weighted by Crippen LogP contribution is -2.56. The molecule has 4 heterocycles. The van der Waals surface area contributed by atoms with Crippen LogP contribution in [0.15, 0.2) is 28.5 Å². The summed E-state index contributed by atoms with van der Waals surface area (Å²) >= 11 is 7.18. The zero-order valence-corrected chi connectivity index (χ0v) is 26.2. The highest BCUT2D eigenvalue weighted by atomic mass is 35.5. The van der Waals surface area contributed by atoms with Crippen LogP contribution in [-0.2, 0) is 29.1 Å². The van der Waals surface area contributed by atoms with Crippen LogP contribution in [0.25, 0.3) is 10.1 Å². The van der Waals surface area contributed by atoms with Gasteiger partial charge < -0.3 is 19.4 Å². The van der Waals surface area contributed by atoms with Gasteiger partial charge in [-0.1, -0.05) is 11.6 Å². The Bertz CT molecular complexity index is 1410. The number of hydrogen-bond acceptors (Lipinski definition) is 8. The normalized spacial score (nSPS) is 22.3. The fourth-order valence-corrected chi connectivity index (χ4v) is 8.81. The molecule has 0 aliphatic carbocycles. The number of amides is 3. The van der Waals surface area contributed by atoms with E-state index in [1.54, 1.807) is 31.4 Å². The summed E-state index contributed by atoms with van der Waals surface area (Å²) in [6, 6.07) is 5.91. The molecule has 0 radical (unpaired) electrons. The zero-order chi connectivity index (χ0) is 29.9. The molecule has 5 rings (SSSR count). The van der Waals surface area contributed by atoms with Gasteiger partial charge in [0, 0.05) is 68.7 Å². The van der Waals surface area contributed by atoms with Crippen LogP contribution in [-0.4, -0.2) is 124 Å². The van der Waals surface area contributed by atoms with Crippen molar-refractivity contribution in [1.29, 1.82) is 0 Å². The van der Waals surface area contributed by atoms with Crippen molar-refractivity contribution in [3.63, 3.8) is 0 Å². The molecule has 2 aromatic rings. The molecule has 2 atom stereocenters. The van der Waals surface area contributed by atoms with Crippen molar-refractivity contribution in [3.8, 4) is 0 Å². The molecule has 1 aromatic carbocycles. The average Bonchev–Trinajstić information content (AvgIpc) is 3.61. The van der Waals surface area contributed by atoms with Gasteiger partial charge in [0.1, 0.15) is 10.3 Å². The lowest BCUT2D eigenvalue weighted by atomic mass is 10.1. The Morgan fingerprint density at radius 1 is 1.05 bits per heavy atom. The first-order valence-corrected chi connectivity index (χ1v) is 17.1. The van der Waals surface area contributed by atoms with Gasteiger partial charge >= 0.3 is 0 Å². The van der Waals surface area contributed by atoms with Crippen molar-refractivity contribution in [2.24, 2.45) is 0 Å². The number of fused-ring (bicyclic) bond motifs is 1. The molecule has 3 fully saturated rings. The number of rotatable bonds is 10. The molecule has 3 saturated heterocycles. The van der Waals surface area contributed by atoms with Crippen LogP contribution in [0.1, 0.15) is 32.1 Å². The summed E-state index contributed by atoms with van der Waals surface area (Å²) in [6.45, 7) is 5.02. The average molecular weight is 640 g/mol. The minimum atomic E-state index is -3.93. The Balaban J connectivity index is 1.14. The van der Waals surface area contributed by atoms with Crippen LogP contribution in [0, 0.1) is 0 Å². The Labute approximate surface area is 255 Å². The maximum absolute atomic E-state index is 13.4. The molecule has 3 aliphatic heterocycles. The largest absolute Gasteiger partial charge is 0.384 e. The molecule has 0 bridgehead atoms. The van der Waals surface area contributed by atoms with E-state index in [-0.39, 0.29) is 34.5 Å². The quantitative estimate of drug-likeness (QED) is 0.422. The van der Waals surface area contributed by atoms with Crippen molar-refractivity contribution in [1.82, 2.24) is 24.3 Å². The number of sulfonamides is 1. The first kappa shape index (κ1) is 31.1. The lowest BCUT2D eigenvalue weighted by Gasteiger charge is -2.38. The number of carbonyl (C=O) groups excluding carboxylic acids is 3. The van der Waals surface area contributed by atoms with Crippen LogP contribution in [0.3, 0.4) is 0 Å². The number of methoxy groups -OCH3 is 1. The summed E-state index contributed by atoms with van der Waals surface area (Å²) in [5, 5.41) is 1.25. The number of nitrogens with zero attached hydrogens (tertiary/aromatic N) is 4. The molecular formula is C28H38ClN5O6S2. The summed E-state index contributed by atoms with van der Waals surface area (Å²) in [5.74, 6) is -0.369. The highest BCUT2D eigenvalue weighted by Gasteiger charge is 2.37. The Kier molecular flexibility index (Phi) is 10.1. The summed E-state index contributed by atoms with van der Waals surface area (Å²) < 4.78 is 34.8. The fourth-order valence-electron chi connectivity index (χ4n) is 6.01. The molecule has 230 valence electrons. The van der Waals surface area contributed by atoms with Gasteiger partial charge in [-0.05, 0) is 55.3 Å². The standard InChI is InChI=1S/C28H38ClN5O6S2/c1-40-15-8-25(35)32-13-11-31(12-14-32)18-22-4-2-10-34(22)26(36)19-33-9-3-5-23(28(33)37)30-42(38,39)27-17-20-16-21(29)6-7-24(20)41-27/h6-7,16-17,22-23,30H,2-5,8-15,18-19H2,1H3/t22-,23-/m0/s1. The number of piperazine rings is 1. The van der Waals surface area contributed by atoms with Crippen LogP contribution < -0.4 is 4.72 Å². The second kappa shape index (κ2) is 13.6. The van der Waals surface area contributed by atoms with Crippen LogP contribution >= 0.6 is 22.9 Å². The van der Waals surface area contributed by atoms with Gasteiger partial charge in [-0.25, -0.2) is 8.42 Å². The highest BCUT2D eigenvalue weighted by molar-refractivity contribution is 7.91. The van der Waals surface area contributed by atoms with Crippen molar-refractivity contribution >= 4 is 60.8 Å². The zero-order valence-electron chi connectivity index (χ0n) is 23.8. The number of benzene rings is 1. The van der Waals surface area contributed by atoms with E-state index in [0.29, 0.717) is 57.1 Å². The number of likely N-dealkylation sites (tertiary alicyclic amines) is 2. The molecular weight excluding hydrogens is 602 g/mol. The minimum Gasteiger partial charge on any atom is -0.384 e. The van der Waals surface area contributed by atoms with Crippen LogP contribution in [0.5, 0.6) is 0 Å². The molecule has 0 spiro atoms. The number of nitrogens with one attached hydrogen (secondary N) is 1. The molecule has 14 heteroatoms. The summed E-state index contributed by atoms with van der Waals surface area (Å²) in [5.41, 5.74) is 0. The predicted octanol–water partition coefficient (Wildman–Crippen LogP) is 2.00. The van der Waals surface area contributed by atoms with Gasteiger partial charge in [-0.2, -0.15) is 4.72 Å². The summed E-state index contributed by atoms with van der Waals surface area (Å²) in [7, 11) is -2.34. The summed E-state index contributed by atoms with van der Waals surface area (Å²) in [6.07, 6.45) is 3.17. The highest BCUT2D eigenvalue weighted by Crippen LogP contribution is 2.31. The first-order valence-electron chi connectivity index (χ1n) is 14.4. The Morgan fingerprint density at radius 2 is 1.81 bits per heavy atom. The number of halogens is 1. The second-order valence-electron chi connectivity index (χ2n) is 11.1. The number of hydrogen-bond donors (Lipinski definition) is 1. The van der Waals surface area contributed by atoms with Gasteiger partial charge in [-0.15, -0.1) is 11.3 Å². The Morgan fingerprint density at radius 3 is 2.57 bits per heavy atom. The molecule has 42 heavy (non-hydrogen) atoms. The molecule has 3 aliphatic rings. The van der Waals surface area contributed by atoms with Gasteiger partial charge in [0.15, 0.2) is 0 Å². The van der Waals surface area contributed by atoms with E-state index >= 15 is 0 Å². The van der Waals surface area contributed by atoms with E-state index in [2.05, 4.69) is 9.62 Å². The van der Waals surface area contributed by atoms with Gasteiger partial charge in [0.2, 0.25) is 17.7 Å². The van der Waals surface area contributed by atoms with Gasteiger partial charge in [0.05, 0.1) is 19.6 Å². The van der Waals surface area contributed by atoms with Crippen molar-refractivity contribution < 1.29 is 27.5 Å². The molecule has 1 N–H and O–H groups in total. The fraction of sp³-hybridized carbons (Fsp3) is 0.607. The first-order chi connectivity index (χ1) is 20.1. The van der Waals surface area contributed by atoms with Gasteiger partial charge in [-0.3, -0.25) is 19.3 Å². The maximum Gasteiger partial charge on any atom is 0.250 e. The smallest absolute Gasteiger partial charge is 0.250 e. The van der Waals surface area contributed by atoms with Crippen LogP contribution in [0.2, 0.25) is 5.02 Å². The second-order valence-corrected chi connectivity index (χ2v) is 14.6. The SMILES string of the molecule is COCCC(=O)N1CCN(C[C@@H]2CCCN2C(=O)CN2CCC[C@H](NS(=O)(=O)c3cc4cc(Cl)ccc4s3)C2=O)CC1. The van der Waals surface area contributed by atoms with E-state index in [1.165, 1.54) is 4.90 Å². The molecule has 0 unspecified atom stereocenters. The van der Waals surface area contributed by atoms with E-state index in [0.717, 1.165) is 53.9 Å². The number of thiophene rings is 1. The van der Waals surface area contributed by atoms with E-state index in [1.807, 2.05) is 9.80 Å². The summed E-state index contributed by atoms with van der Waals surface area (Å²) in [4.78, 5) is 46.5. The van der Waals surface area contributed by atoms with Crippen molar-refractivity contribution in [2.45, 2.75) is 48.4 Å². The predicted molar refractivity (Wildman–Crippen MR) is 161 cm³/mol. The Hall–Kier alpha value is -2.29. The third-order valence-corrected chi connectivity index (χ3v) is 11.6. The third-order valence-electron chi connectivity index (χ3n) is 8.29. The van der Waals surface area contributed by atoms with E-state index in [4.69, 9.17) is 16.3 Å². The topological polar surface area (TPSA) is 120 Å². The van der Waals surface area contributed by atoms with E-state index in [9.17, 15) is 22.8 Å². The minimum absolute atomic E-state index is 0.0588. The molecule has 0 saturated carbocycles. The van der Waals surface area contributed by atoms with Gasteiger partial charge in [0.25, 0.3) is 10.0 Å². The lowest BCUT2D eigenvalue weighted by molar-refractivity contribution is -0.143. The number of piperidine rings is 1. The van der Waals surface area contributed by atoms with Crippen molar-refractivity contribution in [3.05, 3.63) is 29.3 Å². The molecule has 3 amide bonds. The molecule has 11 nitrogen and oxygen atoms in total. The number of ether oxygens (including phenoxy) is 1. The monoisotopic (exact) mass is 639 g/mol. The van der Waals surface area contributed by atoms with E-state index < -0.39 is 16.1 Å². The third kappa shape index (κ3) is 7.25. The maximum atomic E-state index is 13.4. The molecule has 1 aromatic heterocycles. The van der Waals surface area contributed by atoms with Crippen molar-refractivity contribution in [2.75, 3.05) is 66.1 Å².